The van der Waals surface area contributed by atoms with Crippen LogP contribution in [0.5, 0.6) is 0 Å². The molecule has 4 nitrogen and oxygen atoms in total. The Morgan fingerprint density at radius 3 is 2.06 bits per heavy atom. The maximum Gasteiger partial charge on any atom is 0.212 e. The van der Waals surface area contributed by atoms with Gasteiger partial charge in [0, 0.05) is 6.04 Å². The Labute approximate surface area is 100 Å². The van der Waals surface area contributed by atoms with Crippen molar-refractivity contribution in [2.24, 2.45) is 17.1 Å². The van der Waals surface area contributed by atoms with Crippen LogP contribution in [0.15, 0.2) is 0 Å². The van der Waals surface area contributed by atoms with E-state index in [1.54, 1.807) is 0 Å². The summed E-state index contributed by atoms with van der Waals surface area (Å²) in [7, 11) is -3.19. The molecule has 0 bridgehead atoms. The molecule has 98 valence electrons. The summed E-state index contributed by atoms with van der Waals surface area (Å²) in [6.45, 7) is 10.3. The highest BCUT2D eigenvalue weighted by molar-refractivity contribution is 7.89. The second kappa shape index (κ2) is 5.98. The minimum atomic E-state index is -3.19. The van der Waals surface area contributed by atoms with Gasteiger partial charge in [-0.05, 0) is 24.3 Å². The molecule has 0 fully saturated rings. The molecule has 0 saturated heterocycles. The van der Waals surface area contributed by atoms with Crippen molar-refractivity contribution >= 4 is 10.0 Å². The standard InChI is InChI=1S/C11H26N2O2S/c1-9(2)8-16(14,15)13-10(6-7-12)11(3,4)5/h9-10,13H,6-8,12H2,1-5H3. The number of sulfonamides is 1. The number of hydrogen-bond donors (Lipinski definition) is 2. The first-order chi connectivity index (χ1) is 7.08. The van der Waals surface area contributed by atoms with Crippen molar-refractivity contribution in [2.45, 2.75) is 47.1 Å². The molecule has 1 unspecified atom stereocenters. The Kier molecular flexibility index (Phi) is 5.93. The molecule has 0 aliphatic rings. The SMILES string of the molecule is CC(C)CS(=O)(=O)NC(CCN)C(C)(C)C. The average molecular weight is 250 g/mol. The number of hydrogen-bond acceptors (Lipinski definition) is 3. The molecule has 0 aliphatic heterocycles. The van der Waals surface area contributed by atoms with Crippen LogP contribution in [0.25, 0.3) is 0 Å². The van der Waals surface area contributed by atoms with Gasteiger partial charge in [-0.25, -0.2) is 13.1 Å². The normalized spacial score (nSPS) is 15.4. The molecule has 0 aromatic rings. The minimum absolute atomic E-state index is 0.0961. The van der Waals surface area contributed by atoms with E-state index in [1.165, 1.54) is 0 Å². The molecule has 0 spiro atoms. The zero-order valence-corrected chi connectivity index (χ0v) is 11.9. The molecule has 0 aromatic heterocycles. The van der Waals surface area contributed by atoms with E-state index in [9.17, 15) is 8.42 Å². The van der Waals surface area contributed by atoms with Gasteiger partial charge in [0.2, 0.25) is 10.0 Å². The predicted octanol–water partition coefficient (Wildman–Crippen LogP) is 1.33. The first-order valence-electron chi connectivity index (χ1n) is 5.78. The van der Waals surface area contributed by atoms with E-state index < -0.39 is 10.0 Å². The Morgan fingerprint density at radius 1 is 1.25 bits per heavy atom. The van der Waals surface area contributed by atoms with Gasteiger partial charge >= 0.3 is 0 Å². The summed E-state index contributed by atoms with van der Waals surface area (Å²) in [6.07, 6.45) is 0.667. The van der Waals surface area contributed by atoms with Gasteiger partial charge in [-0.1, -0.05) is 34.6 Å². The van der Waals surface area contributed by atoms with E-state index >= 15 is 0 Å². The Morgan fingerprint density at radius 2 is 1.75 bits per heavy atom. The molecule has 0 heterocycles. The number of rotatable bonds is 6. The van der Waals surface area contributed by atoms with Crippen molar-refractivity contribution in [3.63, 3.8) is 0 Å². The van der Waals surface area contributed by atoms with Crippen LogP contribution in [0, 0.1) is 11.3 Å². The van der Waals surface area contributed by atoms with Gasteiger partial charge in [-0.15, -0.1) is 0 Å². The zero-order chi connectivity index (χ0) is 13.0. The summed E-state index contributed by atoms with van der Waals surface area (Å²) in [5.74, 6) is 0.306. The van der Waals surface area contributed by atoms with Crippen LogP contribution in [0.3, 0.4) is 0 Å². The zero-order valence-electron chi connectivity index (χ0n) is 11.1. The summed E-state index contributed by atoms with van der Waals surface area (Å²) in [5, 5.41) is 0. The highest BCUT2D eigenvalue weighted by Gasteiger charge is 2.28. The van der Waals surface area contributed by atoms with E-state index in [0.29, 0.717) is 13.0 Å². The number of nitrogens with two attached hydrogens (primary N) is 1. The van der Waals surface area contributed by atoms with Gasteiger partial charge in [-0.2, -0.15) is 0 Å². The van der Waals surface area contributed by atoms with Crippen LogP contribution in [-0.4, -0.2) is 26.8 Å². The molecular formula is C11H26N2O2S. The third-order valence-corrected chi connectivity index (χ3v) is 4.12. The van der Waals surface area contributed by atoms with Crippen LogP contribution in [0.1, 0.15) is 41.0 Å². The molecule has 0 rings (SSSR count). The molecule has 0 saturated carbocycles. The van der Waals surface area contributed by atoms with Crippen LogP contribution in [0.4, 0.5) is 0 Å². The van der Waals surface area contributed by atoms with Gasteiger partial charge in [-0.3, -0.25) is 0 Å². The predicted molar refractivity (Wildman–Crippen MR) is 68.7 cm³/mol. The third-order valence-electron chi connectivity index (χ3n) is 2.38. The molecule has 1 atom stereocenters. The summed E-state index contributed by atoms with van der Waals surface area (Å²) in [6, 6.07) is -0.0961. The van der Waals surface area contributed by atoms with E-state index in [1.807, 2.05) is 34.6 Å². The summed E-state index contributed by atoms with van der Waals surface area (Å²) >= 11 is 0. The van der Waals surface area contributed by atoms with Gasteiger partial charge < -0.3 is 5.73 Å². The number of nitrogens with one attached hydrogen (secondary N) is 1. The second-order valence-corrected chi connectivity index (χ2v) is 7.59. The van der Waals surface area contributed by atoms with Crippen LogP contribution in [0.2, 0.25) is 0 Å². The van der Waals surface area contributed by atoms with Crippen LogP contribution < -0.4 is 10.5 Å². The Bertz CT molecular complexity index is 292. The summed E-state index contributed by atoms with van der Waals surface area (Å²) < 4.78 is 26.4. The summed E-state index contributed by atoms with van der Waals surface area (Å²) in [4.78, 5) is 0. The van der Waals surface area contributed by atoms with E-state index in [0.717, 1.165) is 0 Å². The van der Waals surface area contributed by atoms with E-state index in [-0.39, 0.29) is 23.1 Å². The largest absolute Gasteiger partial charge is 0.330 e. The fourth-order valence-corrected chi connectivity index (χ4v) is 3.42. The molecule has 0 radical (unpaired) electrons. The monoisotopic (exact) mass is 250 g/mol. The van der Waals surface area contributed by atoms with E-state index in [4.69, 9.17) is 5.73 Å². The summed E-state index contributed by atoms with van der Waals surface area (Å²) in [5.41, 5.74) is 5.40. The second-order valence-electron chi connectivity index (χ2n) is 5.79. The third kappa shape index (κ3) is 6.45. The maximum atomic E-state index is 11.8. The van der Waals surface area contributed by atoms with Crippen LogP contribution >= 0.6 is 0 Å². The maximum absolute atomic E-state index is 11.8. The first kappa shape index (κ1) is 15.9. The Balaban J connectivity index is 4.63. The lowest BCUT2D eigenvalue weighted by atomic mass is 9.85. The lowest BCUT2D eigenvalue weighted by Crippen LogP contribution is -2.46. The van der Waals surface area contributed by atoms with Gasteiger partial charge in [0.25, 0.3) is 0 Å². The smallest absolute Gasteiger partial charge is 0.212 e. The first-order valence-corrected chi connectivity index (χ1v) is 7.44. The molecule has 5 heteroatoms. The lowest BCUT2D eigenvalue weighted by Gasteiger charge is -2.31. The fraction of sp³-hybridized carbons (Fsp3) is 1.00. The average Bonchev–Trinajstić information content (AvgIpc) is 1.98. The highest BCUT2D eigenvalue weighted by Crippen LogP contribution is 2.22. The minimum Gasteiger partial charge on any atom is -0.330 e. The molecule has 0 aromatic carbocycles. The topological polar surface area (TPSA) is 72.2 Å². The van der Waals surface area contributed by atoms with Gasteiger partial charge in [0.1, 0.15) is 0 Å². The van der Waals surface area contributed by atoms with Crippen molar-refractivity contribution in [2.75, 3.05) is 12.3 Å². The quantitative estimate of drug-likeness (QED) is 0.747. The Hall–Kier alpha value is -0.130. The van der Waals surface area contributed by atoms with Gasteiger partial charge in [0.15, 0.2) is 0 Å². The van der Waals surface area contributed by atoms with Crippen molar-refractivity contribution in [1.82, 2.24) is 4.72 Å². The van der Waals surface area contributed by atoms with Crippen molar-refractivity contribution in [3.8, 4) is 0 Å². The van der Waals surface area contributed by atoms with Crippen molar-refractivity contribution in [1.29, 1.82) is 0 Å². The molecule has 0 amide bonds. The molecular weight excluding hydrogens is 224 g/mol. The van der Waals surface area contributed by atoms with Crippen molar-refractivity contribution in [3.05, 3.63) is 0 Å². The van der Waals surface area contributed by atoms with E-state index in [2.05, 4.69) is 4.72 Å². The fourth-order valence-electron chi connectivity index (χ4n) is 1.54. The lowest BCUT2D eigenvalue weighted by molar-refractivity contribution is 0.287. The molecule has 0 aliphatic carbocycles. The molecule has 16 heavy (non-hydrogen) atoms. The van der Waals surface area contributed by atoms with Gasteiger partial charge in [0.05, 0.1) is 5.75 Å². The van der Waals surface area contributed by atoms with Crippen molar-refractivity contribution < 1.29 is 8.42 Å². The highest BCUT2D eigenvalue weighted by atomic mass is 32.2. The van der Waals surface area contributed by atoms with Crippen LogP contribution in [-0.2, 0) is 10.0 Å². The molecule has 3 N–H and O–H groups in total.